The first kappa shape index (κ1) is 29.9. The Hall–Kier alpha value is -2.02. The van der Waals surface area contributed by atoms with E-state index in [-0.39, 0.29) is 23.2 Å². The molecule has 1 aliphatic carbocycles. The van der Waals surface area contributed by atoms with Gasteiger partial charge in [0.15, 0.2) is 0 Å². The van der Waals surface area contributed by atoms with Gasteiger partial charge in [-0.1, -0.05) is 87.5 Å². The largest absolute Gasteiger partial charge is 0.410 e. The molecule has 0 aromatic heterocycles. The second kappa shape index (κ2) is 12.7. The number of hydrogen-bond donors (Lipinski definition) is 2. The molecule has 1 radical (unpaired) electrons. The summed E-state index contributed by atoms with van der Waals surface area (Å²) in [6.07, 6.45) is 2.65. The third-order valence-electron chi connectivity index (χ3n) is 7.52. The lowest BCUT2D eigenvalue weighted by molar-refractivity contribution is -0.0231. The van der Waals surface area contributed by atoms with Crippen molar-refractivity contribution in [1.82, 2.24) is 5.32 Å². The number of aliphatic hydroxyl groups is 1. The third kappa shape index (κ3) is 8.48. The number of rotatable bonds is 13. The van der Waals surface area contributed by atoms with E-state index in [1.54, 1.807) is 0 Å². The molecule has 1 unspecified atom stereocenters. The number of nitrogens with one attached hydrogen (secondary N) is 1. The lowest BCUT2D eigenvalue weighted by Gasteiger charge is -2.35. The number of ether oxygens (including phenoxy) is 1. The third-order valence-corrected chi connectivity index (χ3v) is 8.23. The summed E-state index contributed by atoms with van der Waals surface area (Å²) in [6, 6.07) is 23.8. The SMILES string of the molecule is C[Si](C)OC(c1ccccc1[C@H](OC[C@H](O)CNC(C)(C)Cc1ccc2ccccc2c1)C1CC1)C(C)(C)C. The van der Waals surface area contributed by atoms with Gasteiger partial charge >= 0.3 is 0 Å². The molecule has 211 valence electrons. The maximum atomic E-state index is 10.9. The van der Waals surface area contributed by atoms with Gasteiger partial charge in [0.25, 0.3) is 0 Å². The van der Waals surface area contributed by atoms with Crippen LogP contribution in [-0.4, -0.2) is 38.9 Å². The summed E-state index contributed by atoms with van der Waals surface area (Å²) in [6.45, 7) is 16.4. The fourth-order valence-corrected chi connectivity index (χ4v) is 6.37. The van der Waals surface area contributed by atoms with Gasteiger partial charge in [-0.2, -0.15) is 0 Å². The molecule has 39 heavy (non-hydrogen) atoms. The first-order chi connectivity index (χ1) is 18.4. The molecule has 1 saturated carbocycles. The van der Waals surface area contributed by atoms with Gasteiger partial charge in [0.1, 0.15) is 0 Å². The summed E-state index contributed by atoms with van der Waals surface area (Å²) in [5.41, 5.74) is 3.58. The number of hydrogen-bond acceptors (Lipinski definition) is 4. The number of benzene rings is 3. The highest BCUT2D eigenvalue weighted by atomic mass is 28.3. The van der Waals surface area contributed by atoms with E-state index >= 15 is 0 Å². The highest BCUT2D eigenvalue weighted by molar-refractivity contribution is 6.48. The highest BCUT2D eigenvalue weighted by Gasteiger charge is 2.38. The molecular weight excluding hydrogens is 498 g/mol. The molecule has 1 fully saturated rings. The van der Waals surface area contributed by atoms with E-state index in [0.717, 1.165) is 6.42 Å². The fraction of sp³-hybridized carbons (Fsp3) is 0.529. The van der Waals surface area contributed by atoms with Crippen molar-refractivity contribution in [2.24, 2.45) is 11.3 Å². The number of fused-ring (bicyclic) bond motifs is 1. The maximum Gasteiger partial charge on any atom is 0.205 e. The predicted molar refractivity (Wildman–Crippen MR) is 164 cm³/mol. The average Bonchev–Trinajstić information content (AvgIpc) is 3.71. The van der Waals surface area contributed by atoms with E-state index in [4.69, 9.17) is 9.16 Å². The molecule has 0 amide bonds. The first-order valence-corrected chi connectivity index (χ1v) is 16.9. The lowest BCUT2D eigenvalue weighted by atomic mass is 9.81. The Kier molecular flexibility index (Phi) is 9.72. The van der Waals surface area contributed by atoms with Crippen LogP contribution in [0.1, 0.15) is 76.4 Å². The lowest BCUT2D eigenvalue weighted by Crippen LogP contribution is -2.46. The summed E-state index contributed by atoms with van der Waals surface area (Å²) >= 11 is 0. The van der Waals surface area contributed by atoms with Gasteiger partial charge in [-0.05, 0) is 85.0 Å². The molecule has 0 aliphatic heterocycles. The zero-order chi connectivity index (χ0) is 28.2. The quantitative estimate of drug-likeness (QED) is 0.216. The van der Waals surface area contributed by atoms with Crippen molar-refractivity contribution in [3.05, 3.63) is 83.4 Å². The predicted octanol–water partition coefficient (Wildman–Crippen LogP) is 7.63. The van der Waals surface area contributed by atoms with Gasteiger partial charge < -0.3 is 19.6 Å². The molecular formula is C34H48NO3Si. The molecule has 2 N–H and O–H groups in total. The first-order valence-electron chi connectivity index (χ1n) is 14.5. The van der Waals surface area contributed by atoms with Crippen LogP contribution >= 0.6 is 0 Å². The Morgan fingerprint density at radius 3 is 2.18 bits per heavy atom. The van der Waals surface area contributed by atoms with Crippen LogP contribution in [0.5, 0.6) is 0 Å². The zero-order valence-corrected chi connectivity index (χ0v) is 26.0. The molecule has 0 spiro atoms. The monoisotopic (exact) mass is 546 g/mol. The molecule has 4 rings (SSSR count). The summed E-state index contributed by atoms with van der Waals surface area (Å²) in [4.78, 5) is 0. The van der Waals surface area contributed by atoms with Crippen LogP contribution in [0, 0.1) is 11.3 Å². The topological polar surface area (TPSA) is 50.7 Å². The summed E-state index contributed by atoms with van der Waals surface area (Å²) < 4.78 is 13.1. The van der Waals surface area contributed by atoms with E-state index in [1.807, 2.05) is 0 Å². The molecule has 3 atom stereocenters. The molecule has 3 aromatic carbocycles. The summed E-state index contributed by atoms with van der Waals surface area (Å²) in [5, 5.41) is 17.0. The van der Waals surface area contributed by atoms with Crippen molar-refractivity contribution in [1.29, 1.82) is 0 Å². The Morgan fingerprint density at radius 2 is 1.54 bits per heavy atom. The molecule has 4 nitrogen and oxygen atoms in total. The van der Waals surface area contributed by atoms with E-state index in [0.29, 0.717) is 19.1 Å². The van der Waals surface area contributed by atoms with Crippen molar-refractivity contribution < 1.29 is 14.3 Å². The Labute approximate surface area is 237 Å². The van der Waals surface area contributed by atoms with Crippen molar-refractivity contribution in [3.8, 4) is 0 Å². The van der Waals surface area contributed by atoms with E-state index in [1.165, 1.54) is 40.3 Å². The van der Waals surface area contributed by atoms with Gasteiger partial charge in [0.05, 0.1) is 24.9 Å². The van der Waals surface area contributed by atoms with Crippen molar-refractivity contribution in [2.45, 2.75) is 90.8 Å². The standard InChI is InChI=1S/C34H48NO3Si/c1-33(2,3)32(38-39(6)7)30-15-11-10-14-29(30)31(26-18-19-26)37-23-28(36)22-35-34(4,5)21-24-16-17-25-12-8-9-13-27(25)20-24/h8-17,20,26,28,31-32,35-36H,18-19,21-23H2,1-7H3/t28-,31-,32?/m1/s1. The van der Waals surface area contributed by atoms with Crippen molar-refractivity contribution >= 4 is 19.8 Å². The van der Waals surface area contributed by atoms with Gasteiger partial charge in [0, 0.05) is 12.1 Å². The van der Waals surface area contributed by atoms with Gasteiger partial charge in [-0.15, -0.1) is 0 Å². The Morgan fingerprint density at radius 1 is 0.897 bits per heavy atom. The molecule has 0 heterocycles. The molecule has 0 saturated heterocycles. The van der Waals surface area contributed by atoms with Crippen LogP contribution in [0.4, 0.5) is 0 Å². The summed E-state index contributed by atoms with van der Waals surface area (Å²) in [5.74, 6) is 0.504. The van der Waals surface area contributed by atoms with Crippen LogP contribution in [0.2, 0.25) is 13.1 Å². The Bertz CT molecular complexity index is 1210. The summed E-state index contributed by atoms with van der Waals surface area (Å²) in [7, 11) is -0.878. The minimum absolute atomic E-state index is 0.0145. The van der Waals surface area contributed by atoms with Crippen LogP contribution in [0.25, 0.3) is 10.8 Å². The van der Waals surface area contributed by atoms with Crippen LogP contribution in [-0.2, 0) is 15.6 Å². The van der Waals surface area contributed by atoms with Crippen LogP contribution < -0.4 is 5.32 Å². The van der Waals surface area contributed by atoms with Gasteiger partial charge in [0.2, 0.25) is 9.04 Å². The number of β-amino-alcohol motifs (C(OH)–C–C–N with tert-alkyl or cyclic N) is 1. The van der Waals surface area contributed by atoms with Crippen LogP contribution in [0.15, 0.2) is 66.7 Å². The molecule has 1 aliphatic rings. The zero-order valence-electron chi connectivity index (χ0n) is 25.0. The number of aliphatic hydroxyl groups excluding tert-OH is 1. The normalized spacial score (nSPS) is 16.9. The van der Waals surface area contributed by atoms with Gasteiger partial charge in [-0.25, -0.2) is 0 Å². The minimum Gasteiger partial charge on any atom is -0.410 e. The van der Waals surface area contributed by atoms with Gasteiger partial charge in [-0.3, -0.25) is 0 Å². The minimum atomic E-state index is -0.878. The van der Waals surface area contributed by atoms with Crippen molar-refractivity contribution in [3.63, 3.8) is 0 Å². The molecule has 5 heteroatoms. The molecule has 3 aromatic rings. The Balaban J connectivity index is 1.38. The van der Waals surface area contributed by atoms with Crippen molar-refractivity contribution in [2.75, 3.05) is 13.2 Å². The average molecular weight is 547 g/mol. The second-order valence-electron chi connectivity index (χ2n) is 13.3. The smallest absolute Gasteiger partial charge is 0.205 e. The maximum absolute atomic E-state index is 10.9. The molecule has 0 bridgehead atoms. The van der Waals surface area contributed by atoms with Crippen LogP contribution in [0.3, 0.4) is 0 Å². The fourth-order valence-electron chi connectivity index (χ4n) is 5.42. The highest BCUT2D eigenvalue weighted by Crippen LogP contribution is 2.47. The van der Waals surface area contributed by atoms with E-state index in [2.05, 4.69) is 120 Å². The van der Waals surface area contributed by atoms with E-state index in [9.17, 15) is 5.11 Å². The second-order valence-corrected chi connectivity index (χ2v) is 15.3. The van der Waals surface area contributed by atoms with E-state index < -0.39 is 15.1 Å².